The Morgan fingerprint density at radius 1 is 1.06 bits per heavy atom. The number of ether oxygens (including phenoxy) is 2. The van der Waals surface area contributed by atoms with Crippen LogP contribution in [0.3, 0.4) is 0 Å². The van der Waals surface area contributed by atoms with Crippen molar-refractivity contribution < 1.29 is 23.9 Å². The number of rotatable bonds is 10. The molecule has 0 saturated carbocycles. The van der Waals surface area contributed by atoms with Gasteiger partial charge in [0.05, 0.1) is 7.11 Å². The molecule has 10 heteroatoms. The number of carbonyl (C=O) groups is 3. The van der Waals surface area contributed by atoms with Crippen molar-refractivity contribution in [3.8, 4) is 0 Å². The molecule has 0 fully saturated rings. The number of benzene rings is 1. The van der Waals surface area contributed by atoms with E-state index in [1.54, 1.807) is 20.8 Å². The number of methoxy groups -OCH3 is 1. The number of esters is 1. The van der Waals surface area contributed by atoms with Crippen molar-refractivity contribution in [2.24, 2.45) is 16.5 Å². The van der Waals surface area contributed by atoms with E-state index in [0.717, 1.165) is 5.56 Å². The predicted molar refractivity (Wildman–Crippen MR) is 117 cm³/mol. The average molecular weight is 436 g/mol. The third-order valence-corrected chi connectivity index (χ3v) is 4.04. The van der Waals surface area contributed by atoms with Gasteiger partial charge in [0.25, 0.3) is 0 Å². The number of hydrogen-bond donors (Lipinski definition) is 4. The first-order valence-electron chi connectivity index (χ1n) is 9.99. The van der Waals surface area contributed by atoms with Crippen molar-refractivity contribution in [3.05, 3.63) is 35.9 Å². The summed E-state index contributed by atoms with van der Waals surface area (Å²) in [6, 6.07) is 7.34. The second kappa shape index (κ2) is 12.4. The van der Waals surface area contributed by atoms with E-state index in [1.165, 1.54) is 7.11 Å². The Kier molecular flexibility index (Phi) is 10.3. The van der Waals surface area contributed by atoms with Gasteiger partial charge < -0.3 is 31.6 Å². The number of amides is 2. The van der Waals surface area contributed by atoms with Crippen molar-refractivity contribution >= 4 is 23.9 Å². The number of guanidine groups is 1. The molecule has 2 amide bonds. The summed E-state index contributed by atoms with van der Waals surface area (Å²) < 4.78 is 10.1. The van der Waals surface area contributed by atoms with Crippen LogP contribution in [-0.4, -0.2) is 55.3 Å². The maximum Gasteiger partial charge on any atom is 0.408 e. The molecule has 0 spiro atoms. The van der Waals surface area contributed by atoms with Crippen LogP contribution >= 0.6 is 0 Å². The van der Waals surface area contributed by atoms with Crippen LogP contribution < -0.4 is 22.1 Å². The maximum atomic E-state index is 12.9. The topological polar surface area (TPSA) is 158 Å². The Morgan fingerprint density at radius 3 is 2.26 bits per heavy atom. The number of nitrogens with zero attached hydrogens (tertiary/aromatic N) is 1. The fourth-order valence-electron chi connectivity index (χ4n) is 2.68. The van der Waals surface area contributed by atoms with E-state index in [1.807, 2.05) is 30.3 Å². The predicted octanol–water partition coefficient (Wildman–Crippen LogP) is 0.834. The lowest BCUT2D eigenvalue weighted by molar-refractivity contribution is -0.145. The van der Waals surface area contributed by atoms with Gasteiger partial charge in [-0.1, -0.05) is 30.3 Å². The van der Waals surface area contributed by atoms with E-state index in [4.69, 9.17) is 20.9 Å². The minimum absolute atomic E-state index is 0.0604. The van der Waals surface area contributed by atoms with Crippen LogP contribution in [0.4, 0.5) is 4.79 Å². The number of aliphatic imine (C=N–C) groups is 1. The molecule has 0 aromatic heterocycles. The Hall–Kier alpha value is -3.30. The molecular weight excluding hydrogens is 402 g/mol. The molecule has 1 aromatic rings. The number of hydrogen-bond acceptors (Lipinski definition) is 6. The monoisotopic (exact) mass is 435 g/mol. The van der Waals surface area contributed by atoms with E-state index in [2.05, 4.69) is 15.6 Å². The lowest BCUT2D eigenvalue weighted by Gasteiger charge is -2.25. The number of nitrogens with one attached hydrogen (secondary N) is 2. The van der Waals surface area contributed by atoms with Gasteiger partial charge in [-0.15, -0.1) is 0 Å². The third kappa shape index (κ3) is 10.9. The third-order valence-electron chi connectivity index (χ3n) is 4.04. The fourth-order valence-corrected chi connectivity index (χ4v) is 2.68. The summed E-state index contributed by atoms with van der Waals surface area (Å²) in [5.74, 6) is -1.19. The molecule has 31 heavy (non-hydrogen) atoms. The normalized spacial score (nSPS) is 12.8. The van der Waals surface area contributed by atoms with Crippen LogP contribution in [0.2, 0.25) is 0 Å². The highest BCUT2D eigenvalue weighted by molar-refractivity contribution is 5.89. The molecule has 1 aromatic carbocycles. The van der Waals surface area contributed by atoms with Crippen LogP contribution in [0.25, 0.3) is 0 Å². The van der Waals surface area contributed by atoms with Crippen molar-refractivity contribution in [1.82, 2.24) is 10.6 Å². The SMILES string of the molecule is COC(=O)[C@H](Cc1ccccc1)NC(=O)[C@H](CCCN=C(N)N)NC(=O)OC(C)(C)C. The van der Waals surface area contributed by atoms with E-state index in [9.17, 15) is 14.4 Å². The van der Waals surface area contributed by atoms with Crippen molar-refractivity contribution in [2.45, 2.75) is 57.7 Å². The highest BCUT2D eigenvalue weighted by Crippen LogP contribution is 2.09. The standard InChI is InChI=1S/C21H33N5O5/c1-21(2,3)31-20(29)26-15(11-8-12-24-19(22)23)17(27)25-16(18(28)30-4)13-14-9-6-5-7-10-14/h5-7,9-10,15-16H,8,11-13H2,1-4H3,(H,25,27)(H,26,29)(H4,22,23,24)/t15-,16-/m0/s1. The minimum Gasteiger partial charge on any atom is -0.467 e. The molecule has 10 nitrogen and oxygen atoms in total. The van der Waals surface area contributed by atoms with Gasteiger partial charge in [-0.05, 0) is 39.2 Å². The summed E-state index contributed by atoms with van der Waals surface area (Å²) in [7, 11) is 1.25. The van der Waals surface area contributed by atoms with Crippen LogP contribution in [0, 0.1) is 0 Å². The summed E-state index contributed by atoms with van der Waals surface area (Å²) >= 11 is 0. The average Bonchev–Trinajstić information content (AvgIpc) is 2.68. The first-order valence-corrected chi connectivity index (χ1v) is 9.99. The maximum absolute atomic E-state index is 12.9. The summed E-state index contributed by atoms with van der Waals surface area (Å²) in [6.45, 7) is 5.43. The molecule has 0 unspecified atom stereocenters. The molecule has 2 atom stereocenters. The van der Waals surface area contributed by atoms with Gasteiger partial charge in [0.2, 0.25) is 5.91 Å². The zero-order valence-corrected chi connectivity index (χ0v) is 18.5. The molecule has 0 bridgehead atoms. The number of nitrogens with two attached hydrogens (primary N) is 2. The second-order valence-electron chi connectivity index (χ2n) is 7.92. The highest BCUT2D eigenvalue weighted by atomic mass is 16.6. The van der Waals surface area contributed by atoms with Crippen LogP contribution in [0.1, 0.15) is 39.2 Å². The second-order valence-corrected chi connectivity index (χ2v) is 7.92. The Morgan fingerprint density at radius 2 is 1.71 bits per heavy atom. The Labute approximate surface area is 182 Å². The van der Waals surface area contributed by atoms with Crippen molar-refractivity contribution in [1.29, 1.82) is 0 Å². The molecule has 6 N–H and O–H groups in total. The Bertz CT molecular complexity index is 757. The van der Waals surface area contributed by atoms with E-state index in [0.29, 0.717) is 6.42 Å². The quantitative estimate of drug-likeness (QED) is 0.183. The molecule has 0 aliphatic carbocycles. The number of alkyl carbamates (subject to hydrolysis) is 1. The summed E-state index contributed by atoms with van der Waals surface area (Å²) in [5, 5.41) is 5.22. The lowest BCUT2D eigenvalue weighted by Crippen LogP contribution is -2.53. The van der Waals surface area contributed by atoms with Crippen molar-refractivity contribution in [3.63, 3.8) is 0 Å². The van der Waals surface area contributed by atoms with Gasteiger partial charge >= 0.3 is 12.1 Å². The van der Waals surface area contributed by atoms with E-state index in [-0.39, 0.29) is 25.3 Å². The lowest BCUT2D eigenvalue weighted by atomic mass is 10.0. The van der Waals surface area contributed by atoms with Gasteiger partial charge in [-0.3, -0.25) is 9.79 Å². The van der Waals surface area contributed by atoms with Crippen LogP contribution in [0.15, 0.2) is 35.3 Å². The largest absolute Gasteiger partial charge is 0.467 e. The molecule has 0 aliphatic heterocycles. The highest BCUT2D eigenvalue weighted by Gasteiger charge is 2.28. The summed E-state index contributed by atoms with van der Waals surface area (Å²) in [5.41, 5.74) is 10.7. The number of carbonyl (C=O) groups excluding carboxylic acids is 3. The fraction of sp³-hybridized carbons (Fsp3) is 0.524. The van der Waals surface area contributed by atoms with Gasteiger partial charge in [-0.25, -0.2) is 9.59 Å². The molecule has 0 aliphatic rings. The molecule has 0 radical (unpaired) electrons. The molecule has 172 valence electrons. The Balaban J connectivity index is 2.90. The first-order chi connectivity index (χ1) is 14.5. The molecule has 0 heterocycles. The molecule has 0 saturated heterocycles. The summed E-state index contributed by atoms with van der Waals surface area (Å²) in [4.78, 5) is 41.2. The van der Waals surface area contributed by atoms with Gasteiger partial charge in [0.15, 0.2) is 5.96 Å². The van der Waals surface area contributed by atoms with E-state index >= 15 is 0 Å². The van der Waals surface area contributed by atoms with Gasteiger partial charge in [-0.2, -0.15) is 0 Å². The molecular formula is C21H33N5O5. The van der Waals surface area contributed by atoms with E-state index < -0.39 is 35.7 Å². The minimum atomic E-state index is -0.952. The first kappa shape index (κ1) is 25.7. The van der Waals surface area contributed by atoms with Gasteiger partial charge in [0, 0.05) is 13.0 Å². The van der Waals surface area contributed by atoms with Crippen molar-refractivity contribution in [2.75, 3.05) is 13.7 Å². The smallest absolute Gasteiger partial charge is 0.408 e. The zero-order chi connectivity index (χ0) is 23.4. The van der Waals surface area contributed by atoms with Gasteiger partial charge in [0.1, 0.15) is 17.7 Å². The zero-order valence-electron chi connectivity index (χ0n) is 18.5. The summed E-state index contributed by atoms with van der Waals surface area (Å²) in [6.07, 6.45) is 0.160. The van der Waals surface area contributed by atoms with Crippen LogP contribution in [0.5, 0.6) is 0 Å². The molecule has 1 rings (SSSR count). The van der Waals surface area contributed by atoms with Crippen LogP contribution in [-0.2, 0) is 25.5 Å².